The number of aliphatic imine (C=N–C) groups is 1. The molecule has 0 spiro atoms. The normalized spacial score (nSPS) is 23.2. The minimum absolute atomic E-state index is 0.252. The third-order valence-electron chi connectivity index (χ3n) is 5.64. The number of nitrogens with one attached hydrogen (secondary N) is 1. The number of hydrogen-bond acceptors (Lipinski definition) is 3. The van der Waals surface area contributed by atoms with Crippen molar-refractivity contribution < 1.29 is 4.74 Å². The highest BCUT2D eigenvalue weighted by molar-refractivity contribution is 8.00. The van der Waals surface area contributed by atoms with Crippen LogP contribution in [-0.4, -0.2) is 61.3 Å². The molecule has 2 heterocycles. The van der Waals surface area contributed by atoms with Crippen molar-refractivity contribution in [1.82, 2.24) is 10.2 Å². The summed E-state index contributed by atoms with van der Waals surface area (Å²) < 4.78 is 5.82. The third kappa shape index (κ3) is 5.17. The first-order valence-electron chi connectivity index (χ1n) is 9.95. The highest BCUT2D eigenvalue weighted by atomic mass is 32.2. The fourth-order valence-corrected chi connectivity index (χ4v) is 4.72. The zero-order valence-corrected chi connectivity index (χ0v) is 17.1. The molecule has 1 aromatic rings. The van der Waals surface area contributed by atoms with E-state index in [9.17, 15) is 0 Å². The molecule has 1 unspecified atom stereocenters. The fourth-order valence-electron chi connectivity index (χ4n) is 3.95. The van der Waals surface area contributed by atoms with Gasteiger partial charge in [-0.3, -0.25) is 4.99 Å². The maximum atomic E-state index is 5.56. The molecule has 0 saturated carbocycles. The molecule has 3 rings (SSSR count). The van der Waals surface area contributed by atoms with Crippen LogP contribution in [0.3, 0.4) is 0 Å². The van der Waals surface area contributed by atoms with E-state index in [1.165, 1.54) is 18.4 Å². The zero-order valence-electron chi connectivity index (χ0n) is 16.2. The third-order valence-corrected chi connectivity index (χ3v) is 7.04. The van der Waals surface area contributed by atoms with Gasteiger partial charge < -0.3 is 15.0 Å². The predicted octanol–water partition coefficient (Wildman–Crippen LogP) is 3.43. The summed E-state index contributed by atoms with van der Waals surface area (Å²) in [7, 11) is 0. The molecular formula is C21H33N3OS. The van der Waals surface area contributed by atoms with Crippen LogP contribution in [0.25, 0.3) is 0 Å². The van der Waals surface area contributed by atoms with Gasteiger partial charge in [0.25, 0.3) is 0 Å². The monoisotopic (exact) mass is 375 g/mol. The number of thioether (sulfide) groups is 1. The average molecular weight is 376 g/mol. The highest BCUT2D eigenvalue weighted by Crippen LogP contribution is 2.34. The van der Waals surface area contributed by atoms with E-state index in [2.05, 4.69) is 53.7 Å². The van der Waals surface area contributed by atoms with Gasteiger partial charge in [0, 0.05) is 37.6 Å². The van der Waals surface area contributed by atoms with Crippen molar-refractivity contribution in [1.29, 1.82) is 0 Å². The summed E-state index contributed by atoms with van der Waals surface area (Å²) in [6.07, 6.45) is 6.85. The lowest BCUT2D eigenvalue weighted by molar-refractivity contribution is 0.0793. The molecule has 0 radical (unpaired) electrons. The van der Waals surface area contributed by atoms with Crippen LogP contribution >= 0.6 is 11.8 Å². The summed E-state index contributed by atoms with van der Waals surface area (Å²) >= 11 is 1.96. The van der Waals surface area contributed by atoms with Gasteiger partial charge in [-0.1, -0.05) is 30.3 Å². The van der Waals surface area contributed by atoms with E-state index in [0.717, 1.165) is 64.1 Å². The van der Waals surface area contributed by atoms with Gasteiger partial charge in [0.15, 0.2) is 5.96 Å². The van der Waals surface area contributed by atoms with Crippen molar-refractivity contribution >= 4 is 17.7 Å². The number of nitrogens with zero attached hydrogens (tertiary/aromatic N) is 2. The first-order chi connectivity index (χ1) is 12.7. The van der Waals surface area contributed by atoms with E-state index in [1.807, 2.05) is 11.8 Å². The second kappa shape index (κ2) is 9.65. The maximum Gasteiger partial charge on any atom is 0.193 e. The van der Waals surface area contributed by atoms with Crippen molar-refractivity contribution in [2.45, 2.75) is 37.4 Å². The molecule has 0 aliphatic carbocycles. The molecular weight excluding hydrogens is 342 g/mol. The molecule has 4 nitrogen and oxygen atoms in total. The van der Waals surface area contributed by atoms with Crippen molar-refractivity contribution in [3.8, 4) is 0 Å². The molecule has 2 fully saturated rings. The molecule has 2 aliphatic rings. The van der Waals surface area contributed by atoms with Crippen LogP contribution in [0.5, 0.6) is 0 Å². The van der Waals surface area contributed by atoms with E-state index in [1.54, 1.807) is 0 Å². The number of hydrogen-bond donors (Lipinski definition) is 1. The zero-order chi connectivity index (χ0) is 18.2. The molecule has 5 heteroatoms. The summed E-state index contributed by atoms with van der Waals surface area (Å²) in [5, 5.41) is 3.53. The van der Waals surface area contributed by atoms with Crippen LogP contribution in [0.1, 0.15) is 31.7 Å². The molecule has 0 amide bonds. The number of rotatable bonds is 6. The summed E-state index contributed by atoms with van der Waals surface area (Å²) in [5.41, 5.74) is 1.45. The number of ether oxygens (including phenoxy) is 1. The Kier molecular flexibility index (Phi) is 7.26. The van der Waals surface area contributed by atoms with E-state index in [4.69, 9.17) is 9.73 Å². The summed E-state index contributed by atoms with van der Waals surface area (Å²) in [6.45, 7) is 7.93. The van der Waals surface area contributed by atoms with Gasteiger partial charge in [0.05, 0.1) is 6.54 Å². The Morgan fingerprint density at radius 3 is 2.77 bits per heavy atom. The second-order valence-corrected chi connectivity index (χ2v) is 8.73. The Labute approximate surface area is 162 Å². The van der Waals surface area contributed by atoms with Gasteiger partial charge >= 0.3 is 0 Å². The molecule has 2 aliphatic heterocycles. The fraction of sp³-hybridized carbons (Fsp3) is 0.667. The molecule has 144 valence electrons. The van der Waals surface area contributed by atoms with Crippen molar-refractivity contribution in [3.63, 3.8) is 0 Å². The standard InChI is InChI=1S/C21H33N3OS/c1-3-22-20(23-17-21(26-2)10-13-25-14-11-21)24-12-9-19(16-24)15-18-7-5-4-6-8-18/h4-8,19H,3,9-17H2,1-2H3,(H,22,23). The van der Waals surface area contributed by atoms with E-state index < -0.39 is 0 Å². The maximum absolute atomic E-state index is 5.56. The number of benzene rings is 1. The topological polar surface area (TPSA) is 36.9 Å². The van der Waals surface area contributed by atoms with Gasteiger partial charge in [-0.2, -0.15) is 11.8 Å². The molecule has 0 bridgehead atoms. The van der Waals surface area contributed by atoms with Gasteiger partial charge in [-0.15, -0.1) is 0 Å². The van der Waals surface area contributed by atoms with Crippen LogP contribution < -0.4 is 5.32 Å². The molecule has 26 heavy (non-hydrogen) atoms. The lowest BCUT2D eigenvalue weighted by Gasteiger charge is -2.34. The Balaban J connectivity index is 1.60. The quantitative estimate of drug-likeness (QED) is 0.610. The molecule has 0 aromatic heterocycles. The van der Waals surface area contributed by atoms with Gasteiger partial charge in [-0.25, -0.2) is 0 Å². The van der Waals surface area contributed by atoms with Crippen LogP contribution in [0, 0.1) is 5.92 Å². The lowest BCUT2D eigenvalue weighted by atomic mass is 9.99. The Hall–Kier alpha value is -1.20. The van der Waals surface area contributed by atoms with Gasteiger partial charge in [0.2, 0.25) is 0 Å². The van der Waals surface area contributed by atoms with Crippen molar-refractivity contribution in [2.75, 3.05) is 45.6 Å². The summed E-state index contributed by atoms with van der Waals surface area (Å²) in [6, 6.07) is 10.9. The van der Waals surface area contributed by atoms with Gasteiger partial charge in [0.1, 0.15) is 0 Å². The van der Waals surface area contributed by atoms with E-state index in [0.29, 0.717) is 0 Å². The summed E-state index contributed by atoms with van der Waals surface area (Å²) in [5.74, 6) is 1.82. The Bertz CT molecular complexity index is 572. The number of likely N-dealkylation sites (tertiary alicyclic amines) is 1. The molecule has 1 atom stereocenters. The summed E-state index contributed by atoms with van der Waals surface area (Å²) in [4.78, 5) is 7.52. The average Bonchev–Trinajstić information content (AvgIpc) is 3.15. The largest absolute Gasteiger partial charge is 0.381 e. The highest BCUT2D eigenvalue weighted by Gasteiger charge is 2.32. The minimum atomic E-state index is 0.252. The first kappa shape index (κ1) is 19.6. The van der Waals surface area contributed by atoms with Gasteiger partial charge in [-0.05, 0) is 50.3 Å². The molecule has 1 aromatic carbocycles. The predicted molar refractivity (Wildman–Crippen MR) is 112 cm³/mol. The minimum Gasteiger partial charge on any atom is -0.381 e. The van der Waals surface area contributed by atoms with E-state index >= 15 is 0 Å². The number of guanidine groups is 1. The van der Waals surface area contributed by atoms with Crippen LogP contribution in [-0.2, 0) is 11.2 Å². The lowest BCUT2D eigenvalue weighted by Crippen LogP contribution is -2.42. The van der Waals surface area contributed by atoms with E-state index in [-0.39, 0.29) is 4.75 Å². The van der Waals surface area contributed by atoms with Crippen molar-refractivity contribution in [3.05, 3.63) is 35.9 Å². The Morgan fingerprint density at radius 2 is 2.08 bits per heavy atom. The SMILES string of the molecule is CCNC(=NCC1(SC)CCOCC1)N1CCC(Cc2ccccc2)C1. The molecule has 1 N–H and O–H groups in total. The smallest absolute Gasteiger partial charge is 0.193 e. The second-order valence-electron chi connectivity index (χ2n) is 7.46. The first-order valence-corrected chi connectivity index (χ1v) is 11.2. The van der Waals surface area contributed by atoms with Crippen molar-refractivity contribution in [2.24, 2.45) is 10.9 Å². The Morgan fingerprint density at radius 1 is 1.31 bits per heavy atom. The molecule has 2 saturated heterocycles. The van der Waals surface area contributed by atoms with Crippen LogP contribution in [0.15, 0.2) is 35.3 Å². The van der Waals surface area contributed by atoms with Crippen LogP contribution in [0.4, 0.5) is 0 Å². The van der Waals surface area contributed by atoms with Crippen LogP contribution in [0.2, 0.25) is 0 Å².